The first-order chi connectivity index (χ1) is 7.06. The molecule has 0 bridgehead atoms. The van der Waals surface area contributed by atoms with Crippen molar-refractivity contribution in [1.82, 2.24) is 4.98 Å². The first kappa shape index (κ1) is 12.7. The Hall–Kier alpha value is -0.410. The lowest BCUT2D eigenvalue weighted by atomic mass is 9.80. The zero-order chi connectivity index (χ0) is 11.5. The lowest BCUT2D eigenvalue weighted by molar-refractivity contribution is 0.115. The number of aryl methyl sites for hydroxylation is 2. The van der Waals surface area contributed by atoms with Crippen molar-refractivity contribution in [1.29, 1.82) is 0 Å². The number of aromatic nitrogens is 1. The van der Waals surface area contributed by atoms with Gasteiger partial charge in [0.1, 0.15) is 0 Å². The summed E-state index contributed by atoms with van der Waals surface area (Å²) in [5, 5.41) is 10.7. The van der Waals surface area contributed by atoms with E-state index in [9.17, 15) is 5.11 Å². The van der Waals surface area contributed by atoms with Crippen molar-refractivity contribution in [2.24, 2.45) is 5.41 Å². The van der Waals surface area contributed by atoms with E-state index in [-0.39, 0.29) is 12.0 Å². The summed E-state index contributed by atoms with van der Waals surface area (Å²) in [7, 11) is 0. The second kappa shape index (κ2) is 5.08. The Labute approximate surface area is 96.4 Å². The van der Waals surface area contributed by atoms with Crippen molar-refractivity contribution < 1.29 is 5.11 Å². The van der Waals surface area contributed by atoms with Crippen molar-refractivity contribution in [2.75, 3.05) is 6.61 Å². The number of hydrogen-bond acceptors (Lipinski definition) is 3. The van der Waals surface area contributed by atoms with Crippen LogP contribution in [-0.2, 0) is 6.42 Å². The van der Waals surface area contributed by atoms with Crippen LogP contribution in [0.15, 0.2) is 0 Å². The molecule has 0 aliphatic heterocycles. The molecule has 0 radical (unpaired) electrons. The minimum atomic E-state index is 0.0384. The van der Waals surface area contributed by atoms with Crippen LogP contribution in [0.25, 0.3) is 0 Å². The van der Waals surface area contributed by atoms with Gasteiger partial charge in [-0.15, -0.1) is 11.3 Å². The van der Waals surface area contributed by atoms with Gasteiger partial charge in [-0.05, 0) is 32.1 Å². The summed E-state index contributed by atoms with van der Waals surface area (Å²) in [6.45, 7) is 8.71. The zero-order valence-corrected chi connectivity index (χ0v) is 10.9. The standard InChI is InChI=1S/C12H21NOS/c1-5-12(6-2,8-14)7-11-13-9(3)10(4)15-11/h14H,5-8H2,1-4H3. The van der Waals surface area contributed by atoms with E-state index in [0.29, 0.717) is 0 Å². The van der Waals surface area contributed by atoms with Crippen molar-refractivity contribution in [3.05, 3.63) is 15.6 Å². The Balaban J connectivity index is 2.82. The Bertz CT molecular complexity index is 288. The van der Waals surface area contributed by atoms with Crippen LogP contribution in [-0.4, -0.2) is 16.7 Å². The fraction of sp³-hybridized carbons (Fsp3) is 0.750. The molecule has 0 spiro atoms. The molecular weight excluding hydrogens is 206 g/mol. The molecule has 1 aromatic rings. The Kier molecular flexibility index (Phi) is 4.29. The number of rotatable bonds is 5. The molecule has 0 aliphatic rings. The Morgan fingerprint density at radius 1 is 1.27 bits per heavy atom. The predicted octanol–water partition coefficient (Wildman–Crippen LogP) is 3.10. The third-order valence-corrected chi connectivity index (χ3v) is 4.51. The second-order valence-electron chi connectivity index (χ2n) is 4.29. The predicted molar refractivity (Wildman–Crippen MR) is 65.4 cm³/mol. The monoisotopic (exact) mass is 227 g/mol. The first-order valence-corrected chi connectivity index (χ1v) is 6.42. The van der Waals surface area contributed by atoms with Crippen LogP contribution >= 0.6 is 11.3 Å². The molecule has 0 saturated carbocycles. The highest BCUT2D eigenvalue weighted by Crippen LogP contribution is 2.32. The number of nitrogens with zero attached hydrogens (tertiary/aromatic N) is 1. The fourth-order valence-corrected chi connectivity index (χ4v) is 2.82. The van der Waals surface area contributed by atoms with Crippen molar-refractivity contribution in [2.45, 2.75) is 47.0 Å². The summed E-state index contributed by atoms with van der Waals surface area (Å²) < 4.78 is 0. The summed E-state index contributed by atoms with van der Waals surface area (Å²) in [4.78, 5) is 5.84. The number of hydrogen-bond donors (Lipinski definition) is 1. The average Bonchev–Trinajstić information content (AvgIpc) is 2.55. The minimum absolute atomic E-state index is 0.0384. The third-order valence-electron chi connectivity index (χ3n) is 3.43. The quantitative estimate of drug-likeness (QED) is 0.838. The van der Waals surface area contributed by atoms with E-state index in [1.54, 1.807) is 11.3 Å². The van der Waals surface area contributed by atoms with E-state index in [2.05, 4.69) is 25.8 Å². The summed E-state index contributed by atoms with van der Waals surface area (Å²) >= 11 is 1.77. The average molecular weight is 227 g/mol. The molecule has 0 aromatic carbocycles. The summed E-state index contributed by atoms with van der Waals surface area (Å²) in [5.41, 5.74) is 1.17. The van der Waals surface area contributed by atoms with E-state index >= 15 is 0 Å². The molecular formula is C12H21NOS. The minimum Gasteiger partial charge on any atom is -0.396 e. The van der Waals surface area contributed by atoms with Gasteiger partial charge < -0.3 is 5.11 Å². The molecule has 0 fully saturated rings. The number of aliphatic hydroxyl groups is 1. The van der Waals surface area contributed by atoms with Crippen LogP contribution < -0.4 is 0 Å². The fourth-order valence-electron chi connectivity index (χ4n) is 1.72. The largest absolute Gasteiger partial charge is 0.396 e. The number of aliphatic hydroxyl groups excluding tert-OH is 1. The normalized spacial score (nSPS) is 12.1. The highest BCUT2D eigenvalue weighted by Gasteiger charge is 2.27. The van der Waals surface area contributed by atoms with Gasteiger partial charge in [-0.3, -0.25) is 0 Å². The molecule has 1 heterocycles. The molecule has 0 aliphatic carbocycles. The molecule has 0 saturated heterocycles. The van der Waals surface area contributed by atoms with E-state index in [1.807, 2.05) is 6.92 Å². The van der Waals surface area contributed by atoms with Crippen LogP contribution in [0.4, 0.5) is 0 Å². The molecule has 1 rings (SSSR count). The van der Waals surface area contributed by atoms with E-state index < -0.39 is 0 Å². The van der Waals surface area contributed by atoms with Gasteiger partial charge in [-0.2, -0.15) is 0 Å². The maximum atomic E-state index is 9.49. The lowest BCUT2D eigenvalue weighted by Crippen LogP contribution is -2.26. The van der Waals surface area contributed by atoms with Crippen LogP contribution in [0, 0.1) is 19.3 Å². The number of thiazole rings is 1. The molecule has 0 unspecified atom stereocenters. The van der Waals surface area contributed by atoms with Gasteiger partial charge in [0.15, 0.2) is 0 Å². The van der Waals surface area contributed by atoms with Crippen LogP contribution in [0.1, 0.15) is 42.3 Å². The van der Waals surface area contributed by atoms with Gasteiger partial charge in [0.2, 0.25) is 0 Å². The lowest BCUT2D eigenvalue weighted by Gasteiger charge is -2.28. The first-order valence-electron chi connectivity index (χ1n) is 5.60. The Morgan fingerprint density at radius 2 is 1.87 bits per heavy atom. The SMILES string of the molecule is CCC(CC)(CO)Cc1nc(C)c(C)s1. The van der Waals surface area contributed by atoms with Crippen molar-refractivity contribution in [3.63, 3.8) is 0 Å². The van der Waals surface area contributed by atoms with Gasteiger partial charge in [0.05, 0.1) is 10.7 Å². The topological polar surface area (TPSA) is 33.1 Å². The highest BCUT2D eigenvalue weighted by molar-refractivity contribution is 7.11. The van der Waals surface area contributed by atoms with Gasteiger partial charge in [-0.25, -0.2) is 4.98 Å². The maximum Gasteiger partial charge on any atom is 0.0937 e. The molecule has 0 amide bonds. The van der Waals surface area contributed by atoms with Gasteiger partial charge >= 0.3 is 0 Å². The van der Waals surface area contributed by atoms with Crippen molar-refractivity contribution in [3.8, 4) is 0 Å². The highest BCUT2D eigenvalue weighted by atomic mass is 32.1. The molecule has 1 N–H and O–H groups in total. The van der Waals surface area contributed by atoms with Crippen molar-refractivity contribution >= 4 is 11.3 Å². The maximum absolute atomic E-state index is 9.49. The summed E-state index contributed by atoms with van der Waals surface area (Å²) in [5.74, 6) is 0. The van der Waals surface area contributed by atoms with Gasteiger partial charge in [0, 0.05) is 17.9 Å². The summed E-state index contributed by atoms with van der Waals surface area (Å²) in [6, 6.07) is 0. The van der Waals surface area contributed by atoms with Crippen LogP contribution in [0.5, 0.6) is 0 Å². The molecule has 86 valence electrons. The summed E-state index contributed by atoms with van der Waals surface area (Å²) in [6.07, 6.45) is 2.94. The van der Waals surface area contributed by atoms with Gasteiger partial charge in [0.25, 0.3) is 0 Å². The molecule has 0 atom stereocenters. The molecule has 2 nitrogen and oxygen atoms in total. The van der Waals surface area contributed by atoms with Gasteiger partial charge in [-0.1, -0.05) is 13.8 Å². The van der Waals surface area contributed by atoms with E-state index in [0.717, 1.165) is 25.0 Å². The van der Waals surface area contributed by atoms with Crippen LogP contribution in [0.3, 0.4) is 0 Å². The molecule has 3 heteroatoms. The van der Waals surface area contributed by atoms with E-state index in [4.69, 9.17) is 0 Å². The smallest absolute Gasteiger partial charge is 0.0937 e. The third kappa shape index (κ3) is 2.79. The second-order valence-corrected chi connectivity index (χ2v) is 5.58. The van der Waals surface area contributed by atoms with E-state index in [1.165, 1.54) is 9.88 Å². The molecule has 15 heavy (non-hydrogen) atoms. The zero-order valence-electron chi connectivity index (χ0n) is 10.1. The Morgan fingerprint density at radius 3 is 2.20 bits per heavy atom. The molecule has 1 aromatic heterocycles. The van der Waals surface area contributed by atoms with Crippen LogP contribution in [0.2, 0.25) is 0 Å².